The number of nitrogens with one attached hydrogen (secondary N) is 1. The molecule has 37 heavy (non-hydrogen) atoms. The fourth-order valence-corrected chi connectivity index (χ4v) is 4.46. The third kappa shape index (κ3) is 8.17. The number of aryl methyl sites for hydroxylation is 1. The van der Waals surface area contributed by atoms with Crippen molar-refractivity contribution < 1.29 is 27.7 Å². The summed E-state index contributed by atoms with van der Waals surface area (Å²) in [5.41, 5.74) is 0.279. The van der Waals surface area contributed by atoms with Gasteiger partial charge in [-0.1, -0.05) is 18.2 Å². The molecular formula is C25H34N4O7S. The Morgan fingerprint density at radius 2 is 1.73 bits per heavy atom. The average molecular weight is 535 g/mol. The molecule has 1 N–H and O–H groups in total. The number of methoxy groups -OCH3 is 1. The molecule has 11 nitrogen and oxygen atoms in total. The summed E-state index contributed by atoms with van der Waals surface area (Å²) in [6.45, 7) is 7.95. The predicted molar refractivity (Wildman–Crippen MR) is 141 cm³/mol. The van der Waals surface area contributed by atoms with E-state index < -0.39 is 44.9 Å². The Bertz CT molecular complexity index is 1250. The van der Waals surface area contributed by atoms with E-state index in [9.17, 15) is 28.1 Å². The van der Waals surface area contributed by atoms with Crippen LogP contribution in [0, 0.1) is 17.0 Å². The van der Waals surface area contributed by atoms with Gasteiger partial charge in [0.2, 0.25) is 21.8 Å². The number of sulfonamides is 1. The van der Waals surface area contributed by atoms with Crippen molar-refractivity contribution in [2.24, 2.45) is 0 Å². The highest BCUT2D eigenvalue weighted by molar-refractivity contribution is 7.92. The normalized spacial score (nSPS) is 12.4. The van der Waals surface area contributed by atoms with Crippen LogP contribution in [0.3, 0.4) is 0 Å². The summed E-state index contributed by atoms with van der Waals surface area (Å²) in [4.78, 5) is 38.6. The number of ether oxygens (including phenoxy) is 1. The second kappa shape index (κ2) is 11.6. The Morgan fingerprint density at radius 1 is 1.14 bits per heavy atom. The molecule has 0 aliphatic carbocycles. The third-order valence-electron chi connectivity index (χ3n) is 5.53. The standard InChI is InChI=1S/C25H34N4O7S/c1-17-8-11-20(29(32)33)14-22(17)28(37(7,34)35)16-23(30)27(18(2)24(31)26-25(3,4)5)15-19-9-12-21(36-6)13-10-19/h8-14,18H,15-16H2,1-7H3,(H,26,31)/t18-/m1/s1. The lowest BCUT2D eigenvalue weighted by Gasteiger charge is -2.33. The lowest BCUT2D eigenvalue weighted by atomic mass is 10.1. The van der Waals surface area contributed by atoms with E-state index in [1.807, 2.05) is 20.8 Å². The molecule has 12 heteroatoms. The summed E-state index contributed by atoms with van der Waals surface area (Å²) in [6, 6.07) is 9.77. The molecule has 0 spiro atoms. The number of nitro benzene ring substituents is 1. The number of carbonyl (C=O) groups is 2. The molecule has 2 aromatic rings. The van der Waals surface area contributed by atoms with Gasteiger partial charge in [-0.05, 0) is 57.9 Å². The molecule has 0 unspecified atom stereocenters. The molecule has 2 aromatic carbocycles. The van der Waals surface area contributed by atoms with Crippen LogP contribution in [0.1, 0.15) is 38.8 Å². The van der Waals surface area contributed by atoms with Crippen LogP contribution >= 0.6 is 0 Å². The molecular weight excluding hydrogens is 500 g/mol. The maximum absolute atomic E-state index is 13.6. The van der Waals surface area contributed by atoms with Gasteiger partial charge >= 0.3 is 0 Å². The number of carbonyl (C=O) groups excluding carboxylic acids is 2. The molecule has 2 amide bonds. The summed E-state index contributed by atoms with van der Waals surface area (Å²) in [5.74, 6) is -0.444. The molecule has 0 saturated heterocycles. The predicted octanol–water partition coefficient (Wildman–Crippen LogP) is 3.01. The zero-order valence-corrected chi connectivity index (χ0v) is 23.0. The van der Waals surface area contributed by atoms with Gasteiger partial charge < -0.3 is 15.0 Å². The fourth-order valence-electron chi connectivity index (χ4n) is 3.56. The van der Waals surface area contributed by atoms with Crippen LogP contribution in [0.4, 0.5) is 11.4 Å². The summed E-state index contributed by atoms with van der Waals surface area (Å²) in [5, 5.41) is 14.1. The first-order valence-electron chi connectivity index (χ1n) is 11.5. The zero-order valence-electron chi connectivity index (χ0n) is 22.1. The second-order valence-corrected chi connectivity index (χ2v) is 11.7. The molecule has 0 aliphatic heterocycles. The zero-order chi connectivity index (χ0) is 28.1. The minimum Gasteiger partial charge on any atom is -0.497 e. The summed E-state index contributed by atoms with van der Waals surface area (Å²) >= 11 is 0. The highest BCUT2D eigenvalue weighted by Gasteiger charge is 2.32. The lowest BCUT2D eigenvalue weighted by Crippen LogP contribution is -2.54. The third-order valence-corrected chi connectivity index (χ3v) is 6.66. The van der Waals surface area contributed by atoms with E-state index in [0.717, 1.165) is 16.6 Å². The second-order valence-electron chi connectivity index (χ2n) is 9.78. The highest BCUT2D eigenvalue weighted by Crippen LogP contribution is 2.28. The van der Waals surface area contributed by atoms with E-state index in [2.05, 4.69) is 5.32 Å². The number of amides is 2. The number of hydrogen-bond acceptors (Lipinski definition) is 7. The van der Waals surface area contributed by atoms with Crippen molar-refractivity contribution in [1.82, 2.24) is 10.2 Å². The molecule has 1 atom stereocenters. The Labute approximate surface area is 217 Å². The molecule has 2 rings (SSSR count). The van der Waals surface area contributed by atoms with Crippen LogP contribution < -0.4 is 14.4 Å². The van der Waals surface area contributed by atoms with E-state index in [1.165, 1.54) is 24.1 Å². The quantitative estimate of drug-likeness (QED) is 0.365. The molecule has 0 heterocycles. The number of rotatable bonds is 10. The number of nitro groups is 1. The Morgan fingerprint density at radius 3 is 2.22 bits per heavy atom. The summed E-state index contributed by atoms with van der Waals surface area (Å²) in [6.07, 6.45) is 0.919. The molecule has 0 fully saturated rings. The SMILES string of the molecule is COc1ccc(CN(C(=O)CN(c2cc([N+](=O)[O-])ccc2C)S(C)(=O)=O)[C@H](C)C(=O)NC(C)(C)C)cc1. The lowest BCUT2D eigenvalue weighted by molar-refractivity contribution is -0.384. The molecule has 0 aliphatic rings. The maximum Gasteiger partial charge on any atom is 0.271 e. The van der Waals surface area contributed by atoms with E-state index in [4.69, 9.17) is 4.74 Å². The van der Waals surface area contributed by atoms with Crippen molar-refractivity contribution in [2.75, 3.05) is 24.2 Å². The monoisotopic (exact) mass is 534 g/mol. The largest absolute Gasteiger partial charge is 0.497 e. The van der Waals surface area contributed by atoms with E-state index >= 15 is 0 Å². The van der Waals surface area contributed by atoms with Crippen molar-refractivity contribution in [2.45, 2.75) is 52.7 Å². The van der Waals surface area contributed by atoms with Crippen molar-refractivity contribution in [3.8, 4) is 5.75 Å². The topological polar surface area (TPSA) is 139 Å². The number of nitrogens with zero attached hydrogens (tertiary/aromatic N) is 3. The first kappa shape index (κ1) is 29.6. The highest BCUT2D eigenvalue weighted by atomic mass is 32.2. The number of hydrogen-bond donors (Lipinski definition) is 1. The van der Waals surface area contributed by atoms with Crippen LogP contribution in [0.5, 0.6) is 5.75 Å². The summed E-state index contributed by atoms with van der Waals surface area (Å²) in [7, 11) is -2.49. The first-order valence-corrected chi connectivity index (χ1v) is 13.4. The van der Waals surface area contributed by atoms with Crippen LogP contribution in [0.25, 0.3) is 0 Å². The van der Waals surface area contributed by atoms with Gasteiger partial charge in [0.1, 0.15) is 18.3 Å². The Balaban J connectivity index is 2.49. The fraction of sp³-hybridized carbons (Fsp3) is 0.440. The van der Waals surface area contributed by atoms with Gasteiger partial charge in [-0.15, -0.1) is 0 Å². The van der Waals surface area contributed by atoms with Crippen molar-refractivity contribution in [3.63, 3.8) is 0 Å². The Hall–Kier alpha value is -3.67. The number of non-ortho nitro benzene ring substituents is 1. The van der Waals surface area contributed by atoms with Crippen LogP contribution in [0.15, 0.2) is 42.5 Å². The smallest absolute Gasteiger partial charge is 0.271 e. The van der Waals surface area contributed by atoms with Crippen molar-refractivity contribution in [3.05, 3.63) is 63.7 Å². The number of anilines is 1. The molecule has 202 valence electrons. The van der Waals surface area contributed by atoms with E-state index in [-0.39, 0.29) is 17.9 Å². The van der Waals surface area contributed by atoms with Gasteiger partial charge in [-0.2, -0.15) is 0 Å². The minimum absolute atomic E-state index is 0.0150. The molecule has 0 aromatic heterocycles. The maximum atomic E-state index is 13.6. The van der Waals surface area contributed by atoms with Crippen molar-refractivity contribution in [1.29, 1.82) is 0 Å². The minimum atomic E-state index is -4.02. The van der Waals surface area contributed by atoms with Gasteiger partial charge in [-0.25, -0.2) is 8.42 Å². The van der Waals surface area contributed by atoms with Crippen molar-refractivity contribution >= 4 is 33.2 Å². The average Bonchev–Trinajstić information content (AvgIpc) is 2.79. The van der Waals surface area contributed by atoms with Crippen LogP contribution in [0.2, 0.25) is 0 Å². The van der Waals surface area contributed by atoms with Gasteiger partial charge in [0.15, 0.2) is 0 Å². The molecule has 0 saturated carbocycles. The van der Waals surface area contributed by atoms with Gasteiger partial charge in [0, 0.05) is 24.2 Å². The van der Waals surface area contributed by atoms with Gasteiger partial charge in [0.05, 0.1) is 24.0 Å². The van der Waals surface area contributed by atoms with E-state index in [1.54, 1.807) is 38.1 Å². The van der Waals surface area contributed by atoms with Gasteiger partial charge in [0.25, 0.3) is 5.69 Å². The van der Waals surface area contributed by atoms with E-state index in [0.29, 0.717) is 16.9 Å². The number of benzene rings is 2. The molecule has 0 radical (unpaired) electrons. The Kier molecular flexibility index (Phi) is 9.26. The van der Waals surface area contributed by atoms with Crippen LogP contribution in [-0.2, 0) is 26.2 Å². The molecule has 0 bridgehead atoms. The first-order chi connectivity index (χ1) is 17.0. The van der Waals surface area contributed by atoms with Gasteiger partial charge in [-0.3, -0.25) is 24.0 Å². The van der Waals surface area contributed by atoms with Crippen LogP contribution in [-0.4, -0.2) is 61.5 Å². The summed E-state index contributed by atoms with van der Waals surface area (Å²) < 4.78 is 31.5.